The number of aliphatic carboxylic acids is 1. The number of ether oxygens (including phenoxy) is 4. The quantitative estimate of drug-likeness (QED) is 0.0211. The van der Waals surface area contributed by atoms with E-state index in [9.17, 15) is 19.5 Å². The molecule has 9 nitrogen and oxygen atoms in total. The van der Waals surface area contributed by atoms with Crippen molar-refractivity contribution in [1.82, 2.24) is 0 Å². The molecule has 0 aliphatic rings. The van der Waals surface area contributed by atoms with Crippen molar-refractivity contribution in [2.24, 2.45) is 0 Å². The second-order valence-electron chi connectivity index (χ2n) is 22.3. The smallest absolute Gasteiger partial charge is 0.361 e. The van der Waals surface area contributed by atoms with Crippen LogP contribution in [-0.4, -0.2) is 87.4 Å². The summed E-state index contributed by atoms with van der Waals surface area (Å²) in [4.78, 5) is 37.4. The lowest BCUT2D eigenvalue weighted by Crippen LogP contribution is -2.40. The number of rotatable bonds is 58. The number of carboxylic acid groups (broad SMARTS) is 1. The second kappa shape index (κ2) is 57.9. The van der Waals surface area contributed by atoms with Gasteiger partial charge in [0, 0.05) is 12.8 Å². The van der Waals surface area contributed by atoms with Crippen molar-refractivity contribution < 1.29 is 42.9 Å². The number of quaternary nitrogens is 1. The van der Waals surface area contributed by atoms with Crippen molar-refractivity contribution in [3.05, 3.63) is 72.9 Å². The van der Waals surface area contributed by atoms with Gasteiger partial charge in [-0.3, -0.25) is 9.59 Å². The topological polar surface area (TPSA) is 108 Å². The average Bonchev–Trinajstić information content (AvgIpc) is 3.39. The van der Waals surface area contributed by atoms with Crippen molar-refractivity contribution in [3.8, 4) is 0 Å². The monoisotopic (exact) mass is 1070 g/mol. The van der Waals surface area contributed by atoms with E-state index >= 15 is 0 Å². The van der Waals surface area contributed by atoms with E-state index in [0.29, 0.717) is 17.4 Å². The molecule has 2 unspecified atom stereocenters. The summed E-state index contributed by atoms with van der Waals surface area (Å²) in [6, 6.07) is 0. The maximum Gasteiger partial charge on any atom is 0.361 e. The maximum atomic E-state index is 12.9. The van der Waals surface area contributed by atoms with Crippen LogP contribution in [0.5, 0.6) is 0 Å². The fourth-order valence-electron chi connectivity index (χ4n) is 8.90. The lowest BCUT2D eigenvalue weighted by molar-refractivity contribution is -0.870. The number of carboxylic acids is 1. The fraction of sp³-hybridized carbons (Fsp3) is 0.776. The van der Waals surface area contributed by atoms with Gasteiger partial charge in [0.2, 0.25) is 0 Å². The Balaban J connectivity index is 4.03. The Morgan fingerprint density at radius 1 is 0.408 bits per heavy atom. The molecule has 0 radical (unpaired) electrons. The molecule has 9 heteroatoms. The molecular formula is C67H120NO8+. The molecule has 76 heavy (non-hydrogen) atoms. The molecule has 0 amide bonds. The van der Waals surface area contributed by atoms with Crippen molar-refractivity contribution >= 4 is 17.9 Å². The fourth-order valence-corrected chi connectivity index (χ4v) is 8.90. The number of nitrogens with zero attached hydrogens (tertiary/aromatic N) is 1. The van der Waals surface area contributed by atoms with Gasteiger partial charge in [0.05, 0.1) is 34.4 Å². The summed E-state index contributed by atoms with van der Waals surface area (Å²) in [6.07, 6.45) is 72.9. The minimum atomic E-state index is -1.51. The largest absolute Gasteiger partial charge is 0.477 e. The highest BCUT2D eigenvalue weighted by molar-refractivity contribution is 5.71. The number of hydrogen-bond donors (Lipinski definition) is 1. The first kappa shape index (κ1) is 72.7. The second-order valence-corrected chi connectivity index (χ2v) is 22.3. The van der Waals surface area contributed by atoms with Gasteiger partial charge in [0.15, 0.2) is 6.10 Å². The molecule has 0 rings (SSSR count). The zero-order chi connectivity index (χ0) is 55.5. The number of carbonyl (C=O) groups excluding carboxylic acids is 2. The van der Waals surface area contributed by atoms with Crippen LogP contribution in [0.3, 0.4) is 0 Å². The van der Waals surface area contributed by atoms with Crippen LogP contribution in [0.25, 0.3) is 0 Å². The molecule has 0 aliphatic carbocycles. The summed E-state index contributed by atoms with van der Waals surface area (Å²) < 4.78 is 22.9. The van der Waals surface area contributed by atoms with E-state index in [0.717, 1.165) is 77.0 Å². The predicted molar refractivity (Wildman–Crippen MR) is 323 cm³/mol. The summed E-state index contributed by atoms with van der Waals surface area (Å²) in [6.45, 7) is 4.79. The van der Waals surface area contributed by atoms with E-state index in [-0.39, 0.29) is 32.2 Å². The summed E-state index contributed by atoms with van der Waals surface area (Å²) >= 11 is 0. The highest BCUT2D eigenvalue weighted by Crippen LogP contribution is 2.17. The number of esters is 2. The van der Waals surface area contributed by atoms with Crippen LogP contribution in [0.1, 0.15) is 277 Å². The predicted octanol–water partition coefficient (Wildman–Crippen LogP) is 19.0. The standard InChI is InChI=1S/C67H119NO8/c1-6-8-10-12-14-16-18-20-22-23-24-25-26-27-28-29-30-31-32-33-34-35-36-37-38-39-40-41-42-43-44-46-48-50-52-54-56-58-65(70)76-63(62-75-67(66(71)72)73-60-59-68(3,4)5)61-74-64(69)57-55-53-51-49-47-45-21-19-17-15-13-11-9-7-2/h8,10,14,16,20,22,24-25,27-28,30-31,63,67H,6-7,9,11-13,15,17-19,21,23,26,29,32-62H2,1-5H3/p+1/b10-8-,16-14-,22-20-,25-24-,28-27-,31-30-. The van der Waals surface area contributed by atoms with Crippen LogP contribution in [0, 0.1) is 0 Å². The van der Waals surface area contributed by atoms with E-state index in [4.69, 9.17) is 18.9 Å². The van der Waals surface area contributed by atoms with Crippen molar-refractivity contribution in [1.29, 1.82) is 0 Å². The average molecular weight is 1070 g/mol. The minimum Gasteiger partial charge on any atom is -0.477 e. The van der Waals surface area contributed by atoms with Crippen LogP contribution in [0.4, 0.5) is 0 Å². The zero-order valence-electron chi connectivity index (χ0n) is 50.2. The van der Waals surface area contributed by atoms with E-state index in [2.05, 4.69) is 86.8 Å². The molecule has 440 valence electrons. The molecule has 0 aliphatic heterocycles. The summed E-state index contributed by atoms with van der Waals surface area (Å²) in [7, 11) is 5.97. The summed E-state index contributed by atoms with van der Waals surface area (Å²) in [5, 5.41) is 9.70. The Morgan fingerprint density at radius 2 is 0.750 bits per heavy atom. The van der Waals surface area contributed by atoms with Gasteiger partial charge < -0.3 is 28.5 Å². The van der Waals surface area contributed by atoms with Crippen molar-refractivity contribution in [2.75, 3.05) is 47.5 Å². The number of carbonyl (C=O) groups is 3. The molecule has 0 spiro atoms. The minimum absolute atomic E-state index is 0.178. The normalized spacial score (nSPS) is 13.2. The van der Waals surface area contributed by atoms with Gasteiger partial charge in [0.25, 0.3) is 6.29 Å². The summed E-state index contributed by atoms with van der Waals surface area (Å²) in [5.74, 6) is -1.99. The molecule has 0 bridgehead atoms. The molecule has 0 fully saturated rings. The first-order valence-corrected chi connectivity index (χ1v) is 31.6. The van der Waals surface area contributed by atoms with Gasteiger partial charge in [-0.05, 0) is 64.2 Å². The molecule has 1 N–H and O–H groups in total. The van der Waals surface area contributed by atoms with Gasteiger partial charge in [-0.25, -0.2) is 4.79 Å². The van der Waals surface area contributed by atoms with Crippen LogP contribution >= 0.6 is 0 Å². The van der Waals surface area contributed by atoms with Crippen LogP contribution in [0.15, 0.2) is 72.9 Å². The van der Waals surface area contributed by atoms with E-state index in [1.54, 1.807) is 0 Å². The lowest BCUT2D eigenvalue weighted by atomic mass is 10.0. The molecule has 0 aromatic rings. The first-order chi connectivity index (χ1) is 37.1. The van der Waals surface area contributed by atoms with E-state index in [1.807, 2.05) is 21.1 Å². The Kier molecular flexibility index (Phi) is 55.4. The Bertz CT molecular complexity index is 1470. The van der Waals surface area contributed by atoms with Crippen molar-refractivity contribution in [3.63, 3.8) is 0 Å². The van der Waals surface area contributed by atoms with Gasteiger partial charge >= 0.3 is 17.9 Å². The maximum absolute atomic E-state index is 12.9. The van der Waals surface area contributed by atoms with E-state index in [1.165, 1.54) is 173 Å². The molecule has 0 heterocycles. The van der Waals surface area contributed by atoms with Gasteiger partial charge in [0.1, 0.15) is 13.2 Å². The highest BCUT2D eigenvalue weighted by atomic mass is 16.7. The third-order valence-electron chi connectivity index (χ3n) is 13.7. The Labute approximate surface area is 468 Å². The van der Waals surface area contributed by atoms with Gasteiger partial charge in [-0.2, -0.15) is 0 Å². The lowest BCUT2D eigenvalue weighted by Gasteiger charge is -2.25. The van der Waals surface area contributed by atoms with Crippen LogP contribution < -0.4 is 0 Å². The van der Waals surface area contributed by atoms with Crippen molar-refractivity contribution in [2.45, 2.75) is 289 Å². The molecule has 0 aromatic carbocycles. The SMILES string of the molecule is CC/C=C\C/C=C\C/C=C\C/C=C\C/C=C\C/C=C\CCCCCCCCCCCCCCCCCCCCC(=O)OC(COC(=O)CCCCCCCCCCCCCCCC)COC(OCC[N+](C)(C)C)C(=O)O. The third kappa shape index (κ3) is 58.4. The zero-order valence-corrected chi connectivity index (χ0v) is 50.2. The Hall–Kier alpha value is -3.27. The van der Waals surface area contributed by atoms with Gasteiger partial charge in [-0.1, -0.05) is 273 Å². The molecule has 0 saturated heterocycles. The van der Waals surface area contributed by atoms with Crippen LogP contribution in [0.2, 0.25) is 0 Å². The first-order valence-electron chi connectivity index (χ1n) is 31.6. The molecule has 0 saturated carbocycles. The highest BCUT2D eigenvalue weighted by Gasteiger charge is 2.25. The number of unbranched alkanes of at least 4 members (excludes halogenated alkanes) is 31. The van der Waals surface area contributed by atoms with E-state index < -0.39 is 24.3 Å². The number of likely N-dealkylation sites (N-methyl/N-ethyl adjacent to an activating group) is 1. The van der Waals surface area contributed by atoms with Crippen LogP contribution in [-0.2, 0) is 33.3 Å². The molecule has 2 atom stereocenters. The molecular weight excluding hydrogens is 947 g/mol. The third-order valence-corrected chi connectivity index (χ3v) is 13.7. The Morgan fingerprint density at radius 3 is 1.12 bits per heavy atom. The number of allylic oxidation sites excluding steroid dienone is 12. The van der Waals surface area contributed by atoms with Gasteiger partial charge in [-0.15, -0.1) is 0 Å². The molecule has 0 aromatic heterocycles. The summed E-state index contributed by atoms with van der Waals surface area (Å²) in [5.41, 5.74) is 0. The number of hydrogen-bond acceptors (Lipinski definition) is 7.